The van der Waals surface area contributed by atoms with E-state index in [0.29, 0.717) is 11.9 Å². The van der Waals surface area contributed by atoms with E-state index in [2.05, 4.69) is 24.1 Å². The van der Waals surface area contributed by atoms with Crippen molar-refractivity contribution in [2.75, 3.05) is 12.4 Å². The molecule has 0 spiro atoms. The van der Waals surface area contributed by atoms with E-state index in [1.807, 2.05) is 36.5 Å². The Hall–Kier alpha value is -2.36. The van der Waals surface area contributed by atoms with E-state index < -0.39 is 0 Å². The first kappa shape index (κ1) is 14.6. The fourth-order valence-corrected chi connectivity index (χ4v) is 2.86. The minimum Gasteiger partial charge on any atom is -0.501 e. The number of rotatable bonds is 4. The number of anilines is 2. The third kappa shape index (κ3) is 2.82. The monoisotopic (exact) mass is 295 g/mol. The molecule has 0 aliphatic heterocycles. The van der Waals surface area contributed by atoms with Crippen molar-refractivity contribution >= 4 is 17.2 Å². The van der Waals surface area contributed by atoms with Gasteiger partial charge in [-0.2, -0.15) is 0 Å². The number of nitrogens with zero attached hydrogens (tertiary/aromatic N) is 2. The summed E-state index contributed by atoms with van der Waals surface area (Å²) in [5, 5.41) is 3.26. The molecule has 1 aromatic heterocycles. The van der Waals surface area contributed by atoms with E-state index >= 15 is 0 Å². The Morgan fingerprint density at radius 3 is 2.59 bits per heavy atom. The molecule has 1 aromatic carbocycles. The van der Waals surface area contributed by atoms with Gasteiger partial charge in [-0.05, 0) is 30.0 Å². The van der Waals surface area contributed by atoms with Crippen LogP contribution in [0.25, 0.3) is 5.57 Å². The maximum Gasteiger partial charge on any atom is 0.227 e. The SMILES string of the molecule is COC1=C(C(C)C)c2nc(Nc3ccccc3)ncc2CC1. The molecule has 114 valence electrons. The van der Waals surface area contributed by atoms with E-state index in [4.69, 9.17) is 9.72 Å². The number of allylic oxidation sites excluding steroid dienone is 2. The summed E-state index contributed by atoms with van der Waals surface area (Å²) >= 11 is 0. The zero-order valence-corrected chi connectivity index (χ0v) is 13.3. The topological polar surface area (TPSA) is 47.0 Å². The van der Waals surface area contributed by atoms with Crippen molar-refractivity contribution < 1.29 is 4.74 Å². The number of nitrogens with one attached hydrogen (secondary N) is 1. The fourth-order valence-electron chi connectivity index (χ4n) is 2.86. The Labute approximate surface area is 131 Å². The van der Waals surface area contributed by atoms with Gasteiger partial charge in [0.1, 0.15) is 5.76 Å². The van der Waals surface area contributed by atoms with Crippen LogP contribution in [0.1, 0.15) is 31.5 Å². The number of hydrogen-bond acceptors (Lipinski definition) is 4. The van der Waals surface area contributed by atoms with Gasteiger partial charge in [0.15, 0.2) is 0 Å². The molecular weight excluding hydrogens is 274 g/mol. The zero-order valence-electron chi connectivity index (χ0n) is 13.3. The highest BCUT2D eigenvalue weighted by molar-refractivity contribution is 5.71. The molecule has 1 N–H and O–H groups in total. The van der Waals surface area contributed by atoms with Crippen LogP contribution in [-0.2, 0) is 11.2 Å². The summed E-state index contributed by atoms with van der Waals surface area (Å²) in [6, 6.07) is 9.97. The molecule has 3 rings (SSSR count). The number of aryl methyl sites for hydroxylation is 1. The van der Waals surface area contributed by atoms with Crippen molar-refractivity contribution in [1.82, 2.24) is 9.97 Å². The van der Waals surface area contributed by atoms with Crippen molar-refractivity contribution in [3.63, 3.8) is 0 Å². The quantitative estimate of drug-likeness (QED) is 0.919. The van der Waals surface area contributed by atoms with Gasteiger partial charge in [-0.1, -0.05) is 32.0 Å². The van der Waals surface area contributed by atoms with E-state index in [-0.39, 0.29) is 0 Å². The van der Waals surface area contributed by atoms with E-state index in [1.54, 1.807) is 7.11 Å². The van der Waals surface area contributed by atoms with Crippen LogP contribution < -0.4 is 5.32 Å². The van der Waals surface area contributed by atoms with Crippen molar-refractivity contribution in [1.29, 1.82) is 0 Å². The molecule has 1 aliphatic rings. The zero-order chi connectivity index (χ0) is 15.5. The van der Waals surface area contributed by atoms with Gasteiger partial charge in [-0.3, -0.25) is 0 Å². The normalized spacial score (nSPS) is 14.0. The summed E-state index contributed by atoms with van der Waals surface area (Å²) in [6.07, 6.45) is 3.79. The van der Waals surface area contributed by atoms with Crippen LogP contribution in [-0.4, -0.2) is 17.1 Å². The van der Waals surface area contributed by atoms with Gasteiger partial charge < -0.3 is 10.1 Å². The Morgan fingerprint density at radius 2 is 1.91 bits per heavy atom. The van der Waals surface area contributed by atoms with Crippen LogP contribution in [0.15, 0.2) is 42.3 Å². The second kappa shape index (κ2) is 6.18. The maximum atomic E-state index is 5.58. The predicted molar refractivity (Wildman–Crippen MR) is 88.8 cm³/mol. The minimum absolute atomic E-state index is 0.369. The van der Waals surface area contributed by atoms with Crippen LogP contribution in [0.4, 0.5) is 11.6 Å². The van der Waals surface area contributed by atoms with Gasteiger partial charge in [0.25, 0.3) is 0 Å². The van der Waals surface area contributed by atoms with Gasteiger partial charge in [0.05, 0.1) is 12.8 Å². The number of benzene rings is 1. The number of ether oxygens (including phenoxy) is 1. The average Bonchev–Trinajstić information content (AvgIpc) is 2.54. The van der Waals surface area contributed by atoms with Gasteiger partial charge in [0, 0.05) is 23.9 Å². The Kier molecular flexibility index (Phi) is 4.09. The maximum absolute atomic E-state index is 5.58. The first-order valence-electron chi connectivity index (χ1n) is 7.64. The van der Waals surface area contributed by atoms with E-state index in [0.717, 1.165) is 30.0 Å². The number of hydrogen-bond donors (Lipinski definition) is 1. The van der Waals surface area contributed by atoms with E-state index in [9.17, 15) is 0 Å². The lowest BCUT2D eigenvalue weighted by Crippen LogP contribution is -2.14. The molecule has 0 radical (unpaired) electrons. The lowest BCUT2D eigenvalue weighted by atomic mass is 9.88. The molecule has 0 atom stereocenters. The Morgan fingerprint density at radius 1 is 1.14 bits per heavy atom. The molecule has 0 saturated heterocycles. The summed E-state index contributed by atoms with van der Waals surface area (Å²) in [6.45, 7) is 4.35. The highest BCUT2D eigenvalue weighted by Crippen LogP contribution is 2.35. The molecular formula is C18H21N3O. The van der Waals surface area contributed by atoms with Crippen LogP contribution in [0.3, 0.4) is 0 Å². The van der Waals surface area contributed by atoms with E-state index in [1.165, 1.54) is 11.1 Å². The molecule has 1 aliphatic carbocycles. The van der Waals surface area contributed by atoms with Crippen molar-refractivity contribution in [3.8, 4) is 0 Å². The van der Waals surface area contributed by atoms with Crippen molar-refractivity contribution in [2.45, 2.75) is 26.7 Å². The Balaban J connectivity index is 1.99. The first-order valence-corrected chi connectivity index (χ1v) is 7.64. The van der Waals surface area contributed by atoms with Crippen molar-refractivity contribution in [2.24, 2.45) is 5.92 Å². The van der Waals surface area contributed by atoms with Crippen LogP contribution in [0, 0.1) is 5.92 Å². The molecule has 0 fully saturated rings. The van der Waals surface area contributed by atoms with Gasteiger partial charge in [0.2, 0.25) is 5.95 Å². The molecule has 0 amide bonds. The summed E-state index contributed by atoms with van der Waals surface area (Å²) in [7, 11) is 1.74. The molecule has 0 unspecified atom stereocenters. The summed E-state index contributed by atoms with van der Waals surface area (Å²) < 4.78 is 5.58. The first-order chi connectivity index (χ1) is 10.7. The molecule has 4 nitrogen and oxygen atoms in total. The van der Waals surface area contributed by atoms with Crippen LogP contribution in [0.5, 0.6) is 0 Å². The second-order valence-corrected chi connectivity index (χ2v) is 5.75. The molecule has 4 heteroatoms. The molecule has 2 aromatic rings. The van der Waals surface area contributed by atoms with Gasteiger partial charge >= 0.3 is 0 Å². The van der Waals surface area contributed by atoms with Gasteiger partial charge in [-0.15, -0.1) is 0 Å². The lowest BCUT2D eigenvalue weighted by molar-refractivity contribution is 0.275. The van der Waals surface area contributed by atoms with Gasteiger partial charge in [-0.25, -0.2) is 9.97 Å². The highest BCUT2D eigenvalue weighted by atomic mass is 16.5. The minimum atomic E-state index is 0.369. The van der Waals surface area contributed by atoms with Crippen LogP contribution >= 0.6 is 0 Å². The second-order valence-electron chi connectivity index (χ2n) is 5.75. The largest absolute Gasteiger partial charge is 0.501 e. The number of aromatic nitrogens is 2. The standard InChI is InChI=1S/C18H21N3O/c1-12(2)16-15(22-3)10-9-13-11-19-18(21-17(13)16)20-14-7-5-4-6-8-14/h4-8,11-12H,9-10H2,1-3H3,(H,19,20,21). The average molecular weight is 295 g/mol. The lowest BCUT2D eigenvalue weighted by Gasteiger charge is -2.24. The fraction of sp³-hybridized carbons (Fsp3) is 0.333. The third-order valence-corrected chi connectivity index (χ3v) is 3.90. The highest BCUT2D eigenvalue weighted by Gasteiger charge is 2.24. The molecule has 1 heterocycles. The molecule has 22 heavy (non-hydrogen) atoms. The number of fused-ring (bicyclic) bond motifs is 1. The number of methoxy groups -OCH3 is 1. The molecule has 0 saturated carbocycles. The summed E-state index contributed by atoms with van der Waals surface area (Å²) in [5.74, 6) is 2.04. The third-order valence-electron chi connectivity index (χ3n) is 3.90. The smallest absolute Gasteiger partial charge is 0.227 e. The number of para-hydroxylation sites is 1. The Bertz CT molecular complexity index is 693. The van der Waals surface area contributed by atoms with Crippen LogP contribution in [0.2, 0.25) is 0 Å². The summed E-state index contributed by atoms with van der Waals surface area (Å²) in [4.78, 5) is 9.20. The predicted octanol–water partition coefficient (Wildman–Crippen LogP) is 4.18. The molecule has 0 bridgehead atoms. The van der Waals surface area contributed by atoms with Crippen molar-refractivity contribution in [3.05, 3.63) is 53.5 Å². The summed E-state index contributed by atoms with van der Waals surface area (Å²) in [5.41, 5.74) is 4.40.